The molecule has 2 N–H and O–H groups in total. The maximum absolute atomic E-state index is 6.10. The predicted octanol–water partition coefficient (Wildman–Crippen LogP) is 4.42. The largest absolute Gasteiger partial charge is 0.383 e. The lowest BCUT2D eigenvalue weighted by Gasteiger charge is -2.21. The fourth-order valence-corrected chi connectivity index (χ4v) is 2.38. The summed E-state index contributed by atoms with van der Waals surface area (Å²) in [6, 6.07) is 5.54. The third kappa shape index (κ3) is 2.33. The summed E-state index contributed by atoms with van der Waals surface area (Å²) >= 11 is 12.1. The molecule has 0 aliphatic heterocycles. The number of nitrogen functional groups attached to an aromatic ring is 1. The molecule has 2 nitrogen and oxygen atoms in total. The lowest BCUT2D eigenvalue weighted by Crippen LogP contribution is -2.15. The average Bonchev–Trinajstić information content (AvgIpc) is 2.16. The number of fused-ring (bicyclic) bond motifs is 1. The molecule has 0 saturated heterocycles. The molecule has 0 atom stereocenters. The highest BCUT2D eigenvalue weighted by molar-refractivity contribution is 6.38. The number of anilines is 1. The van der Waals surface area contributed by atoms with E-state index < -0.39 is 0 Å². The minimum atomic E-state index is -0.0555. The molecule has 4 heteroatoms. The molecule has 0 radical (unpaired) electrons. The maximum Gasteiger partial charge on any atom is 0.127 e. The van der Waals surface area contributed by atoms with E-state index in [1.54, 1.807) is 6.07 Å². The van der Waals surface area contributed by atoms with E-state index in [-0.39, 0.29) is 5.41 Å². The lowest BCUT2D eigenvalue weighted by molar-refractivity contribution is 0.591. The van der Waals surface area contributed by atoms with E-state index in [9.17, 15) is 0 Å². The zero-order chi connectivity index (χ0) is 12.8. The molecular formula is C13H14Cl2N2. The molecule has 0 saturated carbocycles. The van der Waals surface area contributed by atoms with E-state index in [0.29, 0.717) is 21.4 Å². The number of nitrogens with zero attached hydrogens (tertiary/aromatic N) is 1. The summed E-state index contributed by atoms with van der Waals surface area (Å²) < 4.78 is 0. The van der Waals surface area contributed by atoms with Crippen LogP contribution < -0.4 is 5.73 Å². The number of hydrogen-bond acceptors (Lipinski definition) is 2. The van der Waals surface area contributed by atoms with Gasteiger partial charge < -0.3 is 5.73 Å². The summed E-state index contributed by atoms with van der Waals surface area (Å²) in [6.45, 7) is 6.29. The monoisotopic (exact) mass is 268 g/mol. The molecular weight excluding hydrogens is 255 g/mol. The van der Waals surface area contributed by atoms with Gasteiger partial charge in [0.05, 0.1) is 10.5 Å². The van der Waals surface area contributed by atoms with E-state index in [2.05, 4.69) is 25.8 Å². The SMILES string of the molecule is CC(C)(C)c1cc2cc(Cl)cc(Cl)c2nc1N. The minimum Gasteiger partial charge on any atom is -0.383 e. The number of pyridine rings is 1. The molecule has 0 fully saturated rings. The molecule has 1 heterocycles. The van der Waals surface area contributed by atoms with Gasteiger partial charge in [-0.2, -0.15) is 0 Å². The van der Waals surface area contributed by atoms with Gasteiger partial charge in [0.1, 0.15) is 5.82 Å². The van der Waals surface area contributed by atoms with Crippen LogP contribution in [0.5, 0.6) is 0 Å². The number of rotatable bonds is 0. The van der Waals surface area contributed by atoms with Gasteiger partial charge in [-0.1, -0.05) is 44.0 Å². The first kappa shape index (κ1) is 12.5. The fraction of sp³-hybridized carbons (Fsp3) is 0.308. The summed E-state index contributed by atoms with van der Waals surface area (Å²) in [5.41, 5.74) is 7.62. The predicted molar refractivity (Wildman–Crippen MR) is 74.9 cm³/mol. The van der Waals surface area contributed by atoms with E-state index in [1.807, 2.05) is 12.1 Å². The molecule has 17 heavy (non-hydrogen) atoms. The fourth-order valence-electron chi connectivity index (χ4n) is 1.82. The summed E-state index contributed by atoms with van der Waals surface area (Å²) in [7, 11) is 0. The van der Waals surface area contributed by atoms with Crippen LogP contribution >= 0.6 is 23.2 Å². The third-order valence-electron chi connectivity index (χ3n) is 2.67. The van der Waals surface area contributed by atoms with Crippen molar-refractivity contribution in [2.45, 2.75) is 26.2 Å². The Labute approximate surface area is 111 Å². The zero-order valence-electron chi connectivity index (χ0n) is 10.0. The molecule has 0 bridgehead atoms. The highest BCUT2D eigenvalue weighted by Crippen LogP contribution is 2.33. The number of nitrogens with two attached hydrogens (primary N) is 1. The smallest absolute Gasteiger partial charge is 0.127 e. The highest BCUT2D eigenvalue weighted by atomic mass is 35.5. The third-order valence-corrected chi connectivity index (χ3v) is 3.18. The first-order valence-corrected chi connectivity index (χ1v) is 6.10. The van der Waals surface area contributed by atoms with Crippen LogP contribution in [0.2, 0.25) is 10.0 Å². The summed E-state index contributed by atoms with van der Waals surface area (Å²) in [5.74, 6) is 0.522. The van der Waals surface area contributed by atoms with Crippen LogP contribution in [0.4, 0.5) is 5.82 Å². The van der Waals surface area contributed by atoms with Crippen LogP contribution in [-0.4, -0.2) is 4.98 Å². The van der Waals surface area contributed by atoms with Crippen LogP contribution in [0, 0.1) is 0 Å². The van der Waals surface area contributed by atoms with Gasteiger partial charge in [0.2, 0.25) is 0 Å². The van der Waals surface area contributed by atoms with Crippen molar-refractivity contribution < 1.29 is 0 Å². The maximum atomic E-state index is 6.10. The van der Waals surface area contributed by atoms with Crippen LogP contribution in [0.25, 0.3) is 10.9 Å². The number of benzene rings is 1. The van der Waals surface area contributed by atoms with E-state index in [0.717, 1.165) is 10.9 Å². The molecule has 2 aromatic rings. The first-order chi connectivity index (χ1) is 7.79. The molecule has 0 aliphatic carbocycles. The van der Waals surface area contributed by atoms with E-state index >= 15 is 0 Å². The van der Waals surface area contributed by atoms with Crippen molar-refractivity contribution in [1.29, 1.82) is 0 Å². The van der Waals surface area contributed by atoms with Gasteiger partial charge in [-0.3, -0.25) is 0 Å². The molecule has 1 aromatic carbocycles. The van der Waals surface area contributed by atoms with Crippen molar-refractivity contribution in [1.82, 2.24) is 4.98 Å². The van der Waals surface area contributed by atoms with Gasteiger partial charge >= 0.3 is 0 Å². The Balaban J connectivity index is 2.81. The standard InChI is InChI=1S/C13H14Cl2N2/c1-13(2,3)9-5-7-4-8(14)6-10(15)11(7)17-12(9)16/h4-6H,1-3H3,(H2,16,17). The summed E-state index contributed by atoms with van der Waals surface area (Å²) in [6.07, 6.45) is 0. The van der Waals surface area contributed by atoms with Gasteiger partial charge in [0.25, 0.3) is 0 Å². The van der Waals surface area contributed by atoms with Crippen LogP contribution in [0.3, 0.4) is 0 Å². The average molecular weight is 269 g/mol. The van der Waals surface area contributed by atoms with Crippen LogP contribution in [0.15, 0.2) is 18.2 Å². The van der Waals surface area contributed by atoms with Crippen LogP contribution in [-0.2, 0) is 5.41 Å². The molecule has 90 valence electrons. The zero-order valence-corrected chi connectivity index (χ0v) is 11.5. The van der Waals surface area contributed by atoms with Gasteiger partial charge in [0, 0.05) is 16.0 Å². The Hall–Kier alpha value is -0.990. The van der Waals surface area contributed by atoms with Gasteiger partial charge in [-0.05, 0) is 23.6 Å². The summed E-state index contributed by atoms with van der Waals surface area (Å²) in [5, 5.41) is 2.05. The first-order valence-electron chi connectivity index (χ1n) is 5.35. The van der Waals surface area contributed by atoms with Crippen molar-refractivity contribution in [3.63, 3.8) is 0 Å². The Morgan fingerprint density at radius 1 is 1.12 bits per heavy atom. The molecule has 1 aromatic heterocycles. The molecule has 0 unspecified atom stereocenters. The van der Waals surface area contributed by atoms with Gasteiger partial charge in [-0.15, -0.1) is 0 Å². The Bertz CT molecular complexity index is 586. The quantitative estimate of drug-likeness (QED) is 0.768. The number of aromatic nitrogens is 1. The minimum absolute atomic E-state index is 0.0555. The second-order valence-electron chi connectivity index (χ2n) is 5.13. The number of halogens is 2. The van der Waals surface area contributed by atoms with Crippen LogP contribution in [0.1, 0.15) is 26.3 Å². The number of hydrogen-bond donors (Lipinski definition) is 1. The Morgan fingerprint density at radius 3 is 2.35 bits per heavy atom. The topological polar surface area (TPSA) is 38.9 Å². The second kappa shape index (κ2) is 4.04. The Kier molecular flexibility index (Phi) is 2.96. The lowest BCUT2D eigenvalue weighted by atomic mass is 9.86. The summed E-state index contributed by atoms with van der Waals surface area (Å²) in [4.78, 5) is 4.37. The van der Waals surface area contributed by atoms with E-state index in [4.69, 9.17) is 28.9 Å². The van der Waals surface area contributed by atoms with Crippen molar-refractivity contribution in [3.8, 4) is 0 Å². The highest BCUT2D eigenvalue weighted by Gasteiger charge is 2.19. The van der Waals surface area contributed by atoms with Crippen molar-refractivity contribution in [2.75, 3.05) is 5.73 Å². The molecule has 0 amide bonds. The van der Waals surface area contributed by atoms with E-state index in [1.165, 1.54) is 0 Å². The molecule has 2 rings (SSSR count). The second-order valence-corrected chi connectivity index (χ2v) is 5.97. The van der Waals surface area contributed by atoms with Gasteiger partial charge in [0.15, 0.2) is 0 Å². The van der Waals surface area contributed by atoms with Crippen molar-refractivity contribution in [2.24, 2.45) is 0 Å². The molecule has 0 aliphatic rings. The van der Waals surface area contributed by atoms with Gasteiger partial charge in [-0.25, -0.2) is 4.98 Å². The van der Waals surface area contributed by atoms with Crippen molar-refractivity contribution >= 4 is 39.9 Å². The normalized spacial score (nSPS) is 12.1. The molecule has 0 spiro atoms. The Morgan fingerprint density at radius 2 is 1.76 bits per heavy atom. The van der Waals surface area contributed by atoms with Crippen molar-refractivity contribution in [3.05, 3.63) is 33.8 Å².